The second kappa shape index (κ2) is 4.52. The van der Waals surface area contributed by atoms with Crippen LogP contribution in [0.4, 0.5) is 5.69 Å². The Morgan fingerprint density at radius 1 is 1.37 bits per heavy atom. The normalized spacial score (nSPS) is 12.3. The minimum atomic E-state index is -0.822. The molecule has 0 bridgehead atoms. The van der Waals surface area contributed by atoms with Crippen LogP contribution in [-0.4, -0.2) is 15.4 Å². The molecule has 2 aromatic rings. The van der Waals surface area contributed by atoms with Crippen molar-refractivity contribution in [3.63, 3.8) is 0 Å². The number of amides is 1. The van der Waals surface area contributed by atoms with Gasteiger partial charge in [-0.25, -0.2) is 0 Å². The van der Waals surface area contributed by atoms with E-state index in [2.05, 4.69) is 0 Å². The van der Waals surface area contributed by atoms with Crippen LogP contribution in [0.15, 0.2) is 35.1 Å². The standard InChI is InChI=1S/C12H11N3O4/c1-7(12(13)17)14-10-4-3-9(15(18)19)6-8(10)2-5-11(14)16/h2-7H,1H3,(H2,13,17). The molecule has 1 unspecified atom stereocenters. The van der Waals surface area contributed by atoms with Crippen LogP contribution in [0.5, 0.6) is 0 Å². The van der Waals surface area contributed by atoms with E-state index in [-0.39, 0.29) is 11.2 Å². The molecule has 1 atom stereocenters. The van der Waals surface area contributed by atoms with Crippen LogP contribution < -0.4 is 11.3 Å². The van der Waals surface area contributed by atoms with Crippen molar-refractivity contribution in [2.75, 3.05) is 0 Å². The van der Waals surface area contributed by atoms with Gasteiger partial charge in [-0.05, 0) is 19.1 Å². The maximum Gasteiger partial charge on any atom is 0.270 e. The second-order valence-electron chi connectivity index (χ2n) is 4.12. The highest BCUT2D eigenvalue weighted by Gasteiger charge is 2.16. The third-order valence-electron chi connectivity index (χ3n) is 2.92. The van der Waals surface area contributed by atoms with Crippen molar-refractivity contribution in [1.29, 1.82) is 0 Å². The Kier molecular flexibility index (Phi) is 3.04. The predicted octanol–water partition coefficient (Wildman–Crippen LogP) is 0.956. The fourth-order valence-corrected chi connectivity index (χ4v) is 1.90. The highest BCUT2D eigenvalue weighted by atomic mass is 16.6. The number of nitro groups is 1. The summed E-state index contributed by atoms with van der Waals surface area (Å²) < 4.78 is 1.22. The van der Waals surface area contributed by atoms with Crippen molar-refractivity contribution < 1.29 is 9.72 Å². The number of nitrogens with two attached hydrogens (primary N) is 1. The van der Waals surface area contributed by atoms with Gasteiger partial charge in [0.05, 0.1) is 10.4 Å². The largest absolute Gasteiger partial charge is 0.368 e. The fourth-order valence-electron chi connectivity index (χ4n) is 1.90. The molecule has 19 heavy (non-hydrogen) atoms. The summed E-state index contributed by atoms with van der Waals surface area (Å²) in [6.45, 7) is 1.50. The first-order valence-electron chi connectivity index (χ1n) is 5.51. The van der Waals surface area contributed by atoms with Crippen molar-refractivity contribution in [2.45, 2.75) is 13.0 Å². The molecule has 0 fully saturated rings. The summed E-state index contributed by atoms with van der Waals surface area (Å²) in [4.78, 5) is 33.2. The summed E-state index contributed by atoms with van der Waals surface area (Å²) in [6.07, 6.45) is 0. The lowest BCUT2D eigenvalue weighted by molar-refractivity contribution is -0.384. The van der Waals surface area contributed by atoms with Gasteiger partial charge in [0.2, 0.25) is 5.91 Å². The molecule has 0 saturated carbocycles. The molecular weight excluding hydrogens is 250 g/mol. The first-order chi connectivity index (χ1) is 8.91. The third kappa shape index (κ3) is 2.17. The van der Waals surface area contributed by atoms with Gasteiger partial charge in [0.1, 0.15) is 6.04 Å². The molecule has 7 nitrogen and oxygen atoms in total. The summed E-state index contributed by atoms with van der Waals surface area (Å²) in [5.41, 5.74) is 5.17. The van der Waals surface area contributed by atoms with Crippen LogP contribution in [0.25, 0.3) is 10.9 Å². The average molecular weight is 261 g/mol. The van der Waals surface area contributed by atoms with Crippen molar-refractivity contribution >= 4 is 22.5 Å². The van der Waals surface area contributed by atoms with E-state index < -0.39 is 16.9 Å². The number of rotatable bonds is 3. The molecule has 98 valence electrons. The Bertz CT molecular complexity index is 735. The molecule has 2 N–H and O–H groups in total. The number of carbonyl (C=O) groups excluding carboxylic acids is 1. The smallest absolute Gasteiger partial charge is 0.270 e. The van der Waals surface area contributed by atoms with Crippen LogP contribution in [0.2, 0.25) is 0 Å². The van der Waals surface area contributed by atoms with E-state index in [1.165, 1.54) is 41.8 Å². The zero-order valence-electron chi connectivity index (χ0n) is 10.1. The quantitative estimate of drug-likeness (QED) is 0.655. The van der Waals surface area contributed by atoms with Gasteiger partial charge >= 0.3 is 0 Å². The van der Waals surface area contributed by atoms with Gasteiger partial charge < -0.3 is 5.73 Å². The molecule has 2 rings (SSSR count). The SMILES string of the molecule is CC(C(N)=O)n1c(=O)ccc2cc([N+](=O)[O-])ccc21. The maximum atomic E-state index is 11.8. The van der Waals surface area contributed by atoms with Gasteiger partial charge in [-0.15, -0.1) is 0 Å². The van der Waals surface area contributed by atoms with Crippen molar-refractivity contribution in [3.8, 4) is 0 Å². The zero-order valence-corrected chi connectivity index (χ0v) is 10.1. The Hall–Kier alpha value is -2.70. The van der Waals surface area contributed by atoms with E-state index in [1.807, 2.05) is 0 Å². The topological polar surface area (TPSA) is 108 Å². The summed E-state index contributed by atoms with van der Waals surface area (Å²) in [5, 5.41) is 11.2. The number of benzene rings is 1. The zero-order chi connectivity index (χ0) is 14.2. The summed E-state index contributed by atoms with van der Waals surface area (Å²) in [5.74, 6) is -0.645. The van der Waals surface area contributed by atoms with Gasteiger partial charge in [-0.1, -0.05) is 0 Å². The molecule has 1 heterocycles. The number of pyridine rings is 1. The molecule has 0 radical (unpaired) electrons. The lowest BCUT2D eigenvalue weighted by atomic mass is 10.1. The number of carbonyl (C=O) groups is 1. The van der Waals surface area contributed by atoms with E-state index in [1.54, 1.807) is 0 Å². The first kappa shape index (κ1) is 12.7. The summed E-state index contributed by atoms with van der Waals surface area (Å²) >= 11 is 0. The number of non-ortho nitro benzene ring substituents is 1. The third-order valence-corrected chi connectivity index (χ3v) is 2.92. The Morgan fingerprint density at radius 2 is 2.05 bits per heavy atom. The highest BCUT2D eigenvalue weighted by molar-refractivity contribution is 5.85. The lowest BCUT2D eigenvalue weighted by Gasteiger charge is -2.14. The number of fused-ring (bicyclic) bond motifs is 1. The average Bonchev–Trinajstić information content (AvgIpc) is 2.37. The number of nitrogens with zero attached hydrogens (tertiary/aromatic N) is 2. The minimum Gasteiger partial charge on any atom is -0.368 e. The van der Waals surface area contributed by atoms with E-state index in [0.29, 0.717) is 10.9 Å². The summed E-state index contributed by atoms with van der Waals surface area (Å²) in [6, 6.07) is 5.98. The Morgan fingerprint density at radius 3 is 2.63 bits per heavy atom. The van der Waals surface area contributed by atoms with E-state index in [4.69, 9.17) is 5.73 Å². The van der Waals surface area contributed by atoms with Crippen LogP contribution in [0, 0.1) is 10.1 Å². The van der Waals surface area contributed by atoms with E-state index in [9.17, 15) is 19.7 Å². The van der Waals surface area contributed by atoms with Gasteiger partial charge in [0, 0.05) is 23.6 Å². The number of nitro benzene ring substituents is 1. The van der Waals surface area contributed by atoms with Crippen LogP contribution in [0.3, 0.4) is 0 Å². The monoisotopic (exact) mass is 261 g/mol. The molecule has 0 aliphatic rings. The molecule has 0 saturated heterocycles. The van der Waals surface area contributed by atoms with Gasteiger partial charge in [0.15, 0.2) is 0 Å². The molecule has 1 aromatic carbocycles. The molecule has 7 heteroatoms. The Balaban J connectivity index is 2.77. The molecular formula is C12H11N3O4. The minimum absolute atomic E-state index is 0.0792. The molecule has 0 spiro atoms. The van der Waals surface area contributed by atoms with Crippen molar-refractivity contribution in [1.82, 2.24) is 4.57 Å². The number of hydrogen-bond donors (Lipinski definition) is 1. The van der Waals surface area contributed by atoms with Crippen molar-refractivity contribution in [2.24, 2.45) is 5.73 Å². The van der Waals surface area contributed by atoms with E-state index >= 15 is 0 Å². The summed E-state index contributed by atoms with van der Waals surface area (Å²) in [7, 11) is 0. The predicted molar refractivity (Wildman–Crippen MR) is 68.8 cm³/mol. The first-order valence-corrected chi connectivity index (χ1v) is 5.51. The van der Waals surface area contributed by atoms with Gasteiger partial charge in [-0.3, -0.25) is 24.3 Å². The van der Waals surface area contributed by atoms with Gasteiger partial charge in [-0.2, -0.15) is 0 Å². The molecule has 1 amide bonds. The van der Waals surface area contributed by atoms with Crippen LogP contribution >= 0.6 is 0 Å². The Labute approximate surface area is 107 Å². The maximum absolute atomic E-state index is 11.8. The molecule has 0 aliphatic carbocycles. The van der Waals surface area contributed by atoms with Gasteiger partial charge in [0.25, 0.3) is 11.2 Å². The second-order valence-corrected chi connectivity index (χ2v) is 4.12. The van der Waals surface area contributed by atoms with E-state index in [0.717, 1.165) is 0 Å². The molecule has 1 aromatic heterocycles. The number of hydrogen-bond acceptors (Lipinski definition) is 4. The van der Waals surface area contributed by atoms with Crippen LogP contribution in [-0.2, 0) is 4.79 Å². The molecule has 0 aliphatic heterocycles. The lowest BCUT2D eigenvalue weighted by Crippen LogP contribution is -2.31. The highest BCUT2D eigenvalue weighted by Crippen LogP contribution is 2.21. The van der Waals surface area contributed by atoms with Crippen LogP contribution in [0.1, 0.15) is 13.0 Å². The number of aromatic nitrogens is 1. The van der Waals surface area contributed by atoms with Crippen molar-refractivity contribution in [3.05, 3.63) is 50.8 Å². The fraction of sp³-hybridized carbons (Fsp3) is 0.167. The number of primary amides is 1.